The number of aliphatic carboxylic acids is 1. The SMILES string of the molecule is O=C(O)C1CCN(c2cncc(-n3ccc4ccccc43)n2)CC1. The summed E-state index contributed by atoms with van der Waals surface area (Å²) in [6.07, 6.45) is 6.78. The lowest BCUT2D eigenvalue weighted by Crippen LogP contribution is -2.36. The third kappa shape index (κ3) is 2.60. The number of nitrogens with zero attached hydrogens (tertiary/aromatic N) is 4. The molecule has 3 heterocycles. The van der Waals surface area contributed by atoms with Crippen molar-refractivity contribution in [3.8, 4) is 5.82 Å². The number of fused-ring (bicyclic) bond motifs is 1. The monoisotopic (exact) mass is 322 g/mol. The first-order valence-electron chi connectivity index (χ1n) is 8.08. The van der Waals surface area contributed by atoms with Crippen LogP contribution < -0.4 is 4.90 Å². The van der Waals surface area contributed by atoms with Gasteiger partial charge in [0, 0.05) is 19.3 Å². The molecule has 1 aliphatic heterocycles. The molecule has 1 fully saturated rings. The smallest absolute Gasteiger partial charge is 0.306 e. The number of hydrogen-bond acceptors (Lipinski definition) is 4. The van der Waals surface area contributed by atoms with E-state index < -0.39 is 5.97 Å². The summed E-state index contributed by atoms with van der Waals surface area (Å²) in [5.74, 6) is 0.627. The molecule has 0 radical (unpaired) electrons. The topological polar surface area (TPSA) is 71.2 Å². The zero-order valence-corrected chi connectivity index (χ0v) is 13.2. The molecule has 0 saturated carbocycles. The van der Waals surface area contributed by atoms with Crippen molar-refractivity contribution in [1.82, 2.24) is 14.5 Å². The van der Waals surface area contributed by atoms with Gasteiger partial charge in [0.05, 0.1) is 23.8 Å². The number of rotatable bonds is 3. The van der Waals surface area contributed by atoms with Crippen LogP contribution in [0, 0.1) is 5.92 Å². The van der Waals surface area contributed by atoms with Gasteiger partial charge in [-0.3, -0.25) is 14.3 Å². The Kier molecular flexibility index (Phi) is 3.65. The average molecular weight is 322 g/mol. The molecule has 0 aliphatic carbocycles. The Morgan fingerprint density at radius 2 is 1.83 bits per heavy atom. The average Bonchev–Trinajstić information content (AvgIpc) is 3.06. The van der Waals surface area contributed by atoms with Gasteiger partial charge in [-0.15, -0.1) is 0 Å². The number of aromatic nitrogens is 3. The molecular formula is C18H18N4O2. The van der Waals surface area contributed by atoms with Gasteiger partial charge in [0.15, 0.2) is 5.82 Å². The molecule has 0 amide bonds. The maximum absolute atomic E-state index is 11.1. The molecule has 1 N–H and O–H groups in total. The first-order valence-corrected chi connectivity index (χ1v) is 8.08. The summed E-state index contributed by atoms with van der Waals surface area (Å²) in [6, 6.07) is 10.2. The van der Waals surface area contributed by atoms with Gasteiger partial charge in [0.25, 0.3) is 0 Å². The summed E-state index contributed by atoms with van der Waals surface area (Å²) in [7, 11) is 0. The predicted molar refractivity (Wildman–Crippen MR) is 91.4 cm³/mol. The molecule has 1 aliphatic rings. The summed E-state index contributed by atoms with van der Waals surface area (Å²) in [5.41, 5.74) is 1.09. The lowest BCUT2D eigenvalue weighted by Gasteiger charge is -2.30. The minimum absolute atomic E-state index is 0.245. The van der Waals surface area contributed by atoms with Gasteiger partial charge in [-0.25, -0.2) is 4.98 Å². The number of anilines is 1. The van der Waals surface area contributed by atoms with E-state index in [1.54, 1.807) is 12.4 Å². The number of carboxylic acids is 1. The number of para-hydroxylation sites is 1. The molecule has 4 rings (SSSR count). The van der Waals surface area contributed by atoms with Crippen LogP contribution >= 0.6 is 0 Å². The van der Waals surface area contributed by atoms with E-state index in [-0.39, 0.29) is 5.92 Å². The zero-order chi connectivity index (χ0) is 16.5. The van der Waals surface area contributed by atoms with Crippen molar-refractivity contribution < 1.29 is 9.90 Å². The first-order chi connectivity index (χ1) is 11.7. The quantitative estimate of drug-likeness (QED) is 0.803. The lowest BCUT2D eigenvalue weighted by molar-refractivity contribution is -0.142. The van der Waals surface area contributed by atoms with Gasteiger partial charge < -0.3 is 10.0 Å². The fraction of sp³-hybridized carbons (Fsp3) is 0.278. The number of carbonyl (C=O) groups is 1. The van der Waals surface area contributed by atoms with Crippen LogP contribution in [-0.2, 0) is 4.79 Å². The second-order valence-electron chi connectivity index (χ2n) is 6.08. The van der Waals surface area contributed by atoms with Crippen molar-refractivity contribution in [1.29, 1.82) is 0 Å². The van der Waals surface area contributed by atoms with Crippen molar-refractivity contribution in [2.75, 3.05) is 18.0 Å². The van der Waals surface area contributed by atoms with E-state index in [2.05, 4.69) is 28.1 Å². The van der Waals surface area contributed by atoms with Gasteiger partial charge in [0.2, 0.25) is 0 Å². The number of carboxylic acid groups (broad SMARTS) is 1. The van der Waals surface area contributed by atoms with Crippen LogP contribution in [0.3, 0.4) is 0 Å². The van der Waals surface area contributed by atoms with E-state index in [4.69, 9.17) is 10.1 Å². The second-order valence-corrected chi connectivity index (χ2v) is 6.08. The molecule has 6 heteroatoms. The molecule has 6 nitrogen and oxygen atoms in total. The summed E-state index contributed by atoms with van der Waals surface area (Å²) in [4.78, 5) is 22.3. The molecule has 0 atom stereocenters. The Morgan fingerprint density at radius 1 is 1.08 bits per heavy atom. The highest BCUT2D eigenvalue weighted by Crippen LogP contribution is 2.24. The van der Waals surface area contributed by atoms with Crippen molar-refractivity contribution in [2.24, 2.45) is 5.92 Å². The highest BCUT2D eigenvalue weighted by Gasteiger charge is 2.25. The van der Waals surface area contributed by atoms with Crippen LogP contribution in [-0.4, -0.2) is 38.7 Å². The van der Waals surface area contributed by atoms with E-state index in [1.165, 1.54) is 0 Å². The Balaban J connectivity index is 1.62. The Labute approximate surface area is 139 Å². The Bertz CT molecular complexity index is 881. The summed E-state index contributed by atoms with van der Waals surface area (Å²) >= 11 is 0. The predicted octanol–water partition coefficient (Wildman–Crippen LogP) is 2.72. The molecule has 0 unspecified atom stereocenters. The zero-order valence-electron chi connectivity index (χ0n) is 13.2. The highest BCUT2D eigenvalue weighted by atomic mass is 16.4. The van der Waals surface area contributed by atoms with E-state index in [0.29, 0.717) is 25.9 Å². The molecule has 2 aromatic heterocycles. The molecule has 122 valence electrons. The third-order valence-corrected chi connectivity index (χ3v) is 4.62. The van der Waals surface area contributed by atoms with E-state index >= 15 is 0 Å². The number of benzene rings is 1. The summed E-state index contributed by atoms with van der Waals surface area (Å²) < 4.78 is 2.02. The number of piperidine rings is 1. The third-order valence-electron chi connectivity index (χ3n) is 4.62. The van der Waals surface area contributed by atoms with Gasteiger partial charge in [-0.05, 0) is 30.4 Å². The van der Waals surface area contributed by atoms with E-state index in [0.717, 1.165) is 22.5 Å². The van der Waals surface area contributed by atoms with Crippen LogP contribution in [0.5, 0.6) is 0 Å². The molecule has 1 saturated heterocycles. The fourth-order valence-electron chi connectivity index (χ4n) is 3.25. The van der Waals surface area contributed by atoms with Crippen molar-refractivity contribution >= 4 is 22.7 Å². The van der Waals surface area contributed by atoms with Gasteiger partial charge >= 0.3 is 5.97 Å². The van der Waals surface area contributed by atoms with Crippen molar-refractivity contribution in [3.05, 3.63) is 48.9 Å². The molecular weight excluding hydrogens is 304 g/mol. The van der Waals surface area contributed by atoms with Crippen LogP contribution in [0.25, 0.3) is 16.7 Å². The molecule has 3 aromatic rings. The minimum Gasteiger partial charge on any atom is -0.481 e. The molecule has 0 spiro atoms. The van der Waals surface area contributed by atoms with Gasteiger partial charge in [-0.2, -0.15) is 0 Å². The Hall–Kier alpha value is -2.89. The maximum atomic E-state index is 11.1. The largest absolute Gasteiger partial charge is 0.481 e. The fourth-order valence-corrected chi connectivity index (χ4v) is 3.25. The normalized spacial score (nSPS) is 15.8. The van der Waals surface area contributed by atoms with Crippen LogP contribution in [0.4, 0.5) is 5.82 Å². The van der Waals surface area contributed by atoms with Crippen molar-refractivity contribution in [2.45, 2.75) is 12.8 Å². The summed E-state index contributed by atoms with van der Waals surface area (Å²) in [6.45, 7) is 1.39. The Morgan fingerprint density at radius 3 is 2.62 bits per heavy atom. The molecule has 0 bridgehead atoms. The highest BCUT2D eigenvalue weighted by molar-refractivity contribution is 5.81. The van der Waals surface area contributed by atoms with Gasteiger partial charge in [0.1, 0.15) is 5.82 Å². The maximum Gasteiger partial charge on any atom is 0.306 e. The van der Waals surface area contributed by atoms with Crippen molar-refractivity contribution in [3.63, 3.8) is 0 Å². The van der Waals surface area contributed by atoms with E-state index in [9.17, 15) is 4.79 Å². The first kappa shape index (κ1) is 14.7. The second kappa shape index (κ2) is 5.96. The lowest BCUT2D eigenvalue weighted by atomic mass is 9.97. The summed E-state index contributed by atoms with van der Waals surface area (Å²) in [5, 5.41) is 10.3. The number of hydrogen-bond donors (Lipinski definition) is 1. The molecule has 24 heavy (non-hydrogen) atoms. The molecule has 1 aromatic carbocycles. The standard InChI is InChI=1S/C18H18N4O2/c23-18(24)14-5-8-21(9-6-14)16-11-19-12-17(20-16)22-10-7-13-3-1-2-4-15(13)22/h1-4,7,10-12,14H,5-6,8-9H2,(H,23,24). The van der Waals surface area contributed by atoms with Crippen LogP contribution in [0.2, 0.25) is 0 Å². The van der Waals surface area contributed by atoms with Crippen LogP contribution in [0.1, 0.15) is 12.8 Å². The van der Waals surface area contributed by atoms with E-state index in [1.807, 2.05) is 22.9 Å². The van der Waals surface area contributed by atoms with Gasteiger partial charge in [-0.1, -0.05) is 18.2 Å². The minimum atomic E-state index is -0.701. The van der Waals surface area contributed by atoms with Crippen LogP contribution in [0.15, 0.2) is 48.9 Å².